The third-order valence-corrected chi connectivity index (χ3v) is 4.92. The number of nitrogens with one attached hydrogen (secondary N) is 2. The van der Waals surface area contributed by atoms with Crippen LogP contribution in [0.4, 0.5) is 4.79 Å². The van der Waals surface area contributed by atoms with Crippen molar-refractivity contribution >= 4 is 6.03 Å². The first kappa shape index (κ1) is 15.3. The van der Waals surface area contributed by atoms with Crippen molar-refractivity contribution in [3.05, 3.63) is 18.0 Å². The highest BCUT2D eigenvalue weighted by molar-refractivity contribution is 5.74. The van der Waals surface area contributed by atoms with Gasteiger partial charge in [0.1, 0.15) is 0 Å². The summed E-state index contributed by atoms with van der Waals surface area (Å²) < 4.78 is 2.10. The van der Waals surface area contributed by atoms with Gasteiger partial charge >= 0.3 is 6.03 Å². The number of aromatic nitrogens is 2. The van der Waals surface area contributed by atoms with Crippen LogP contribution in [0.3, 0.4) is 0 Å². The molecule has 2 heterocycles. The molecular formula is C16H27N5O. The molecule has 0 unspecified atom stereocenters. The number of hydrogen-bond donors (Lipinski definition) is 2. The lowest BCUT2D eigenvalue weighted by Crippen LogP contribution is -2.46. The zero-order valence-electron chi connectivity index (χ0n) is 13.8. The summed E-state index contributed by atoms with van der Waals surface area (Å²) in [5.41, 5.74) is 1.48. The number of likely N-dealkylation sites (tertiary alicyclic amines) is 1. The van der Waals surface area contributed by atoms with Gasteiger partial charge in [0.2, 0.25) is 0 Å². The molecule has 1 aromatic rings. The average molecular weight is 305 g/mol. The number of hydrogen-bond acceptors (Lipinski definition) is 3. The van der Waals surface area contributed by atoms with Crippen LogP contribution in [0.15, 0.2) is 12.4 Å². The van der Waals surface area contributed by atoms with Crippen molar-refractivity contribution in [3.63, 3.8) is 0 Å². The number of nitrogens with zero attached hydrogens (tertiary/aromatic N) is 3. The first-order valence-electron chi connectivity index (χ1n) is 8.33. The van der Waals surface area contributed by atoms with Crippen LogP contribution < -0.4 is 10.6 Å². The van der Waals surface area contributed by atoms with E-state index in [4.69, 9.17) is 0 Å². The molecule has 22 heavy (non-hydrogen) atoms. The SMILES string of the molecule is CNC1(c2cnn(C3CCN(C(=O)NC(C)C)CC3)c2)CC1. The molecule has 2 amide bonds. The molecule has 2 aliphatic rings. The van der Waals surface area contributed by atoms with Gasteiger partial charge in [0, 0.05) is 36.4 Å². The fraction of sp³-hybridized carbons (Fsp3) is 0.750. The smallest absolute Gasteiger partial charge is 0.317 e. The molecule has 1 saturated heterocycles. The van der Waals surface area contributed by atoms with Gasteiger partial charge < -0.3 is 15.5 Å². The Balaban J connectivity index is 1.57. The van der Waals surface area contributed by atoms with Gasteiger partial charge in [0.25, 0.3) is 0 Å². The molecule has 1 aromatic heterocycles. The Morgan fingerprint density at radius 1 is 1.36 bits per heavy atom. The monoisotopic (exact) mass is 305 g/mol. The lowest BCUT2D eigenvalue weighted by molar-refractivity contribution is 0.166. The molecule has 6 nitrogen and oxygen atoms in total. The van der Waals surface area contributed by atoms with E-state index in [1.54, 1.807) is 0 Å². The van der Waals surface area contributed by atoms with E-state index >= 15 is 0 Å². The zero-order chi connectivity index (χ0) is 15.7. The van der Waals surface area contributed by atoms with Crippen molar-refractivity contribution in [3.8, 4) is 0 Å². The van der Waals surface area contributed by atoms with E-state index < -0.39 is 0 Å². The third kappa shape index (κ3) is 2.97. The number of rotatable bonds is 4. The van der Waals surface area contributed by atoms with E-state index in [0.29, 0.717) is 6.04 Å². The molecule has 1 saturated carbocycles. The van der Waals surface area contributed by atoms with Gasteiger partial charge in [-0.05, 0) is 46.6 Å². The summed E-state index contributed by atoms with van der Waals surface area (Å²) in [5.74, 6) is 0. The van der Waals surface area contributed by atoms with E-state index in [-0.39, 0.29) is 17.6 Å². The summed E-state index contributed by atoms with van der Waals surface area (Å²) in [6.07, 6.45) is 8.53. The molecule has 2 N–H and O–H groups in total. The first-order valence-corrected chi connectivity index (χ1v) is 8.33. The first-order chi connectivity index (χ1) is 10.5. The number of urea groups is 1. The summed E-state index contributed by atoms with van der Waals surface area (Å²) in [7, 11) is 2.02. The third-order valence-electron chi connectivity index (χ3n) is 4.92. The van der Waals surface area contributed by atoms with Crippen LogP contribution in [0.1, 0.15) is 51.1 Å². The maximum atomic E-state index is 12.0. The highest BCUT2D eigenvalue weighted by Crippen LogP contribution is 2.45. The summed E-state index contributed by atoms with van der Waals surface area (Å²) in [6.45, 7) is 5.59. The second-order valence-electron chi connectivity index (χ2n) is 6.86. The minimum absolute atomic E-state index is 0.0571. The molecule has 6 heteroatoms. The summed E-state index contributed by atoms with van der Waals surface area (Å²) in [4.78, 5) is 13.9. The van der Waals surface area contributed by atoms with Crippen molar-refractivity contribution in [1.29, 1.82) is 0 Å². The fourth-order valence-electron chi connectivity index (χ4n) is 3.26. The van der Waals surface area contributed by atoms with Gasteiger partial charge in [-0.25, -0.2) is 4.79 Å². The summed E-state index contributed by atoms with van der Waals surface area (Å²) in [6, 6.07) is 0.654. The lowest BCUT2D eigenvalue weighted by atomic mass is 10.1. The maximum Gasteiger partial charge on any atom is 0.317 e. The predicted molar refractivity (Wildman–Crippen MR) is 85.7 cm³/mol. The lowest BCUT2D eigenvalue weighted by Gasteiger charge is -2.32. The Hall–Kier alpha value is -1.56. The van der Waals surface area contributed by atoms with Crippen LogP contribution in [0.2, 0.25) is 0 Å². The van der Waals surface area contributed by atoms with Crippen LogP contribution >= 0.6 is 0 Å². The van der Waals surface area contributed by atoms with Crippen molar-refractivity contribution < 1.29 is 4.79 Å². The molecule has 1 aliphatic heterocycles. The Kier molecular flexibility index (Phi) is 4.12. The molecule has 0 spiro atoms. The maximum absolute atomic E-state index is 12.0. The van der Waals surface area contributed by atoms with Crippen LogP contribution in [0.5, 0.6) is 0 Å². The molecule has 0 radical (unpaired) electrons. The number of amides is 2. The largest absolute Gasteiger partial charge is 0.336 e. The van der Waals surface area contributed by atoms with Gasteiger partial charge in [-0.2, -0.15) is 5.10 Å². The van der Waals surface area contributed by atoms with E-state index in [1.807, 2.05) is 32.0 Å². The summed E-state index contributed by atoms with van der Waals surface area (Å²) in [5, 5.41) is 10.9. The van der Waals surface area contributed by atoms with Gasteiger partial charge in [-0.1, -0.05) is 0 Å². The van der Waals surface area contributed by atoms with Gasteiger partial charge in [0.15, 0.2) is 0 Å². The molecule has 1 aliphatic carbocycles. The Bertz CT molecular complexity index is 526. The standard InChI is InChI=1S/C16H27N5O/c1-12(2)19-15(22)20-8-4-14(5-9-20)21-11-13(10-18-21)16(17-3)6-7-16/h10-12,14,17H,4-9H2,1-3H3,(H,19,22). The molecule has 0 bridgehead atoms. The van der Waals surface area contributed by atoms with Crippen molar-refractivity contribution in [1.82, 2.24) is 25.3 Å². The van der Waals surface area contributed by atoms with E-state index in [2.05, 4.69) is 26.6 Å². The highest BCUT2D eigenvalue weighted by Gasteiger charge is 2.43. The second kappa shape index (κ2) is 5.91. The van der Waals surface area contributed by atoms with Gasteiger partial charge in [0.05, 0.1) is 12.2 Å². The van der Waals surface area contributed by atoms with Crippen molar-refractivity contribution in [2.75, 3.05) is 20.1 Å². The summed E-state index contributed by atoms with van der Waals surface area (Å²) >= 11 is 0. The van der Waals surface area contributed by atoms with Crippen LogP contribution in [0, 0.1) is 0 Å². The van der Waals surface area contributed by atoms with Gasteiger partial charge in [-0.3, -0.25) is 4.68 Å². The number of piperidine rings is 1. The fourth-order valence-corrected chi connectivity index (χ4v) is 3.26. The second-order valence-corrected chi connectivity index (χ2v) is 6.86. The van der Waals surface area contributed by atoms with E-state index in [0.717, 1.165) is 25.9 Å². The average Bonchev–Trinajstić information content (AvgIpc) is 3.15. The molecule has 0 aromatic carbocycles. The molecule has 3 rings (SSSR count). The molecule has 0 atom stereocenters. The van der Waals surface area contributed by atoms with Crippen molar-refractivity contribution in [2.45, 2.75) is 57.2 Å². The Morgan fingerprint density at radius 3 is 2.59 bits per heavy atom. The van der Waals surface area contributed by atoms with Crippen LogP contribution in [0.25, 0.3) is 0 Å². The van der Waals surface area contributed by atoms with Crippen LogP contribution in [-0.4, -0.2) is 46.9 Å². The van der Waals surface area contributed by atoms with Crippen molar-refractivity contribution in [2.24, 2.45) is 0 Å². The molecular weight excluding hydrogens is 278 g/mol. The van der Waals surface area contributed by atoms with E-state index in [9.17, 15) is 4.79 Å². The van der Waals surface area contributed by atoms with E-state index in [1.165, 1.54) is 18.4 Å². The topological polar surface area (TPSA) is 62.2 Å². The zero-order valence-corrected chi connectivity index (χ0v) is 13.8. The number of carbonyl (C=O) groups excluding carboxylic acids is 1. The quantitative estimate of drug-likeness (QED) is 0.892. The minimum Gasteiger partial charge on any atom is -0.336 e. The molecule has 122 valence electrons. The minimum atomic E-state index is 0.0571. The normalized spacial score (nSPS) is 21.2. The van der Waals surface area contributed by atoms with Gasteiger partial charge in [-0.15, -0.1) is 0 Å². The predicted octanol–water partition coefficient (Wildman–Crippen LogP) is 1.85. The Labute approximate surface area is 132 Å². The number of carbonyl (C=O) groups is 1. The highest BCUT2D eigenvalue weighted by atomic mass is 16.2. The molecule has 2 fully saturated rings. The Morgan fingerprint density at radius 2 is 2.05 bits per heavy atom. The van der Waals surface area contributed by atoms with Crippen LogP contribution in [-0.2, 0) is 5.54 Å².